The van der Waals surface area contributed by atoms with Crippen LogP contribution in [0, 0.1) is 0 Å². The van der Waals surface area contributed by atoms with Crippen molar-refractivity contribution in [2.24, 2.45) is 0 Å². The highest BCUT2D eigenvalue weighted by atomic mass is 35.5. The van der Waals surface area contributed by atoms with Gasteiger partial charge in [0.25, 0.3) is 0 Å². The topological polar surface area (TPSA) is 41.6 Å². The molecule has 1 saturated heterocycles. The first-order valence-electron chi connectivity index (χ1n) is 7.39. The number of hydrogen-bond acceptors (Lipinski definition) is 4. The zero-order valence-electron chi connectivity index (χ0n) is 12.9. The van der Waals surface area contributed by atoms with Crippen LogP contribution in [0.25, 0.3) is 0 Å². The molecule has 1 heterocycles. The SMILES string of the molecule is COC(=O)c1ccc(Cl)c(NC2CCN(C(C)C)CC2)c1. The van der Waals surface area contributed by atoms with Crippen molar-refractivity contribution in [1.82, 2.24) is 4.90 Å². The van der Waals surface area contributed by atoms with Gasteiger partial charge in [-0.3, -0.25) is 0 Å². The summed E-state index contributed by atoms with van der Waals surface area (Å²) < 4.78 is 4.75. The Bertz CT molecular complexity index is 497. The van der Waals surface area contributed by atoms with Crippen molar-refractivity contribution in [3.05, 3.63) is 28.8 Å². The highest BCUT2D eigenvalue weighted by molar-refractivity contribution is 6.33. The van der Waals surface area contributed by atoms with Gasteiger partial charge in [-0.05, 0) is 44.9 Å². The van der Waals surface area contributed by atoms with Gasteiger partial charge in [0.1, 0.15) is 0 Å². The van der Waals surface area contributed by atoms with Crippen LogP contribution in [0.15, 0.2) is 18.2 Å². The van der Waals surface area contributed by atoms with Crippen molar-refractivity contribution in [3.63, 3.8) is 0 Å². The summed E-state index contributed by atoms with van der Waals surface area (Å²) in [6.45, 7) is 6.63. The lowest BCUT2D eigenvalue weighted by molar-refractivity contribution is 0.0601. The van der Waals surface area contributed by atoms with Gasteiger partial charge >= 0.3 is 5.97 Å². The number of anilines is 1. The summed E-state index contributed by atoms with van der Waals surface area (Å²) in [6.07, 6.45) is 2.16. The number of likely N-dealkylation sites (tertiary alicyclic amines) is 1. The molecule has 1 aliphatic heterocycles. The molecule has 21 heavy (non-hydrogen) atoms. The van der Waals surface area contributed by atoms with E-state index in [-0.39, 0.29) is 5.97 Å². The van der Waals surface area contributed by atoms with Crippen LogP contribution in [0.4, 0.5) is 5.69 Å². The summed E-state index contributed by atoms with van der Waals surface area (Å²) in [4.78, 5) is 14.1. The molecule has 0 saturated carbocycles. The maximum atomic E-state index is 11.6. The predicted molar refractivity (Wildman–Crippen MR) is 86.1 cm³/mol. The average Bonchev–Trinajstić information content (AvgIpc) is 2.49. The van der Waals surface area contributed by atoms with Crippen LogP contribution in [0.2, 0.25) is 5.02 Å². The first-order valence-corrected chi connectivity index (χ1v) is 7.77. The van der Waals surface area contributed by atoms with Crippen molar-refractivity contribution >= 4 is 23.3 Å². The molecule has 0 aromatic heterocycles. The fourth-order valence-corrected chi connectivity index (χ4v) is 2.83. The second-order valence-electron chi connectivity index (χ2n) is 5.73. The molecule has 5 heteroatoms. The van der Waals surface area contributed by atoms with E-state index in [0.717, 1.165) is 31.6 Å². The molecule has 1 fully saturated rings. The van der Waals surface area contributed by atoms with E-state index in [1.54, 1.807) is 18.2 Å². The summed E-state index contributed by atoms with van der Waals surface area (Å²) in [5.74, 6) is -0.343. The zero-order valence-corrected chi connectivity index (χ0v) is 13.6. The van der Waals surface area contributed by atoms with Gasteiger partial charge in [0.15, 0.2) is 0 Å². The van der Waals surface area contributed by atoms with Crippen LogP contribution in [0.3, 0.4) is 0 Å². The molecule has 0 amide bonds. The summed E-state index contributed by atoms with van der Waals surface area (Å²) >= 11 is 6.22. The largest absolute Gasteiger partial charge is 0.465 e. The predicted octanol–water partition coefficient (Wildman–Crippen LogP) is 3.41. The summed E-state index contributed by atoms with van der Waals surface area (Å²) in [5.41, 5.74) is 1.33. The summed E-state index contributed by atoms with van der Waals surface area (Å²) in [5, 5.41) is 4.09. The van der Waals surface area contributed by atoms with Gasteiger partial charge in [-0.2, -0.15) is 0 Å². The van der Waals surface area contributed by atoms with E-state index in [1.807, 2.05) is 0 Å². The van der Waals surface area contributed by atoms with Crippen LogP contribution in [0.1, 0.15) is 37.0 Å². The van der Waals surface area contributed by atoms with E-state index in [4.69, 9.17) is 16.3 Å². The van der Waals surface area contributed by atoms with E-state index in [9.17, 15) is 4.79 Å². The normalized spacial score (nSPS) is 17.0. The van der Waals surface area contributed by atoms with Crippen molar-refractivity contribution in [3.8, 4) is 0 Å². The van der Waals surface area contributed by atoms with E-state index < -0.39 is 0 Å². The molecule has 2 rings (SSSR count). The fraction of sp³-hybridized carbons (Fsp3) is 0.562. The average molecular weight is 311 g/mol. The fourth-order valence-electron chi connectivity index (χ4n) is 2.66. The maximum absolute atomic E-state index is 11.6. The van der Waals surface area contributed by atoms with Crippen LogP contribution < -0.4 is 5.32 Å². The number of benzene rings is 1. The highest BCUT2D eigenvalue weighted by Gasteiger charge is 2.21. The number of carbonyl (C=O) groups is 1. The number of methoxy groups -OCH3 is 1. The number of nitrogens with one attached hydrogen (secondary N) is 1. The molecule has 0 aliphatic carbocycles. The van der Waals surface area contributed by atoms with Crippen LogP contribution in [0.5, 0.6) is 0 Å². The molecular formula is C16H23ClN2O2. The Balaban J connectivity index is 2.01. The van der Waals surface area contributed by atoms with Gasteiger partial charge in [0, 0.05) is 25.2 Å². The van der Waals surface area contributed by atoms with Crippen LogP contribution in [-0.2, 0) is 4.74 Å². The maximum Gasteiger partial charge on any atom is 0.337 e. The Morgan fingerprint density at radius 1 is 1.38 bits per heavy atom. The number of rotatable bonds is 4. The van der Waals surface area contributed by atoms with E-state index in [2.05, 4.69) is 24.1 Å². The van der Waals surface area contributed by atoms with E-state index >= 15 is 0 Å². The van der Waals surface area contributed by atoms with Crippen molar-refractivity contribution < 1.29 is 9.53 Å². The number of carbonyl (C=O) groups excluding carboxylic acids is 1. The quantitative estimate of drug-likeness (QED) is 0.865. The van der Waals surface area contributed by atoms with Gasteiger partial charge < -0.3 is 15.0 Å². The number of halogens is 1. The van der Waals surface area contributed by atoms with Crippen LogP contribution >= 0.6 is 11.6 Å². The van der Waals surface area contributed by atoms with Gasteiger partial charge in [0.2, 0.25) is 0 Å². The van der Waals surface area contributed by atoms with Gasteiger partial charge in [0.05, 0.1) is 23.4 Å². The number of esters is 1. The lowest BCUT2D eigenvalue weighted by Crippen LogP contribution is -2.42. The summed E-state index contributed by atoms with van der Waals surface area (Å²) in [7, 11) is 1.38. The molecule has 0 atom stereocenters. The Morgan fingerprint density at radius 3 is 2.62 bits per heavy atom. The number of nitrogens with zero attached hydrogens (tertiary/aromatic N) is 1. The van der Waals surface area contributed by atoms with Gasteiger partial charge in [-0.15, -0.1) is 0 Å². The van der Waals surface area contributed by atoms with Gasteiger partial charge in [-0.1, -0.05) is 11.6 Å². The third-order valence-electron chi connectivity index (χ3n) is 4.01. The lowest BCUT2D eigenvalue weighted by atomic mass is 10.0. The zero-order chi connectivity index (χ0) is 15.4. The number of piperidine rings is 1. The lowest BCUT2D eigenvalue weighted by Gasteiger charge is -2.35. The molecule has 1 aromatic carbocycles. The number of ether oxygens (including phenoxy) is 1. The first-order chi connectivity index (χ1) is 10.0. The second kappa shape index (κ2) is 7.14. The second-order valence-corrected chi connectivity index (χ2v) is 6.14. The Kier molecular flexibility index (Phi) is 5.48. The van der Waals surface area contributed by atoms with Crippen molar-refractivity contribution in [2.75, 3.05) is 25.5 Å². The number of hydrogen-bond donors (Lipinski definition) is 1. The molecule has 1 aromatic rings. The molecule has 1 N–H and O–H groups in total. The van der Waals surface area contributed by atoms with E-state index in [0.29, 0.717) is 22.7 Å². The van der Waals surface area contributed by atoms with Gasteiger partial charge in [-0.25, -0.2) is 4.79 Å². The third kappa shape index (κ3) is 4.11. The molecule has 0 radical (unpaired) electrons. The van der Waals surface area contributed by atoms with Crippen LogP contribution in [-0.4, -0.2) is 43.2 Å². The molecular weight excluding hydrogens is 288 g/mol. The molecule has 4 nitrogen and oxygen atoms in total. The Morgan fingerprint density at radius 2 is 2.05 bits per heavy atom. The molecule has 0 unspecified atom stereocenters. The molecule has 0 bridgehead atoms. The van der Waals surface area contributed by atoms with Crippen molar-refractivity contribution in [2.45, 2.75) is 38.8 Å². The summed E-state index contributed by atoms with van der Waals surface area (Å²) in [6, 6.07) is 6.17. The minimum Gasteiger partial charge on any atom is -0.465 e. The molecule has 116 valence electrons. The Hall–Kier alpha value is -1.26. The van der Waals surface area contributed by atoms with E-state index in [1.165, 1.54) is 7.11 Å². The third-order valence-corrected chi connectivity index (χ3v) is 4.34. The smallest absolute Gasteiger partial charge is 0.337 e. The minimum atomic E-state index is -0.343. The standard InChI is InChI=1S/C16H23ClN2O2/c1-11(2)19-8-6-13(7-9-19)18-15-10-12(16(20)21-3)4-5-14(15)17/h4-5,10-11,13,18H,6-9H2,1-3H3. The molecule has 1 aliphatic rings. The first kappa shape index (κ1) is 16.1. The van der Waals surface area contributed by atoms with Crippen molar-refractivity contribution in [1.29, 1.82) is 0 Å². The molecule has 0 spiro atoms. The Labute approximate surface area is 131 Å². The highest BCUT2D eigenvalue weighted by Crippen LogP contribution is 2.26. The monoisotopic (exact) mass is 310 g/mol. The minimum absolute atomic E-state index is 0.343.